The molecule has 0 saturated carbocycles. The van der Waals surface area contributed by atoms with Crippen LogP contribution < -0.4 is 11.1 Å². The van der Waals surface area contributed by atoms with E-state index < -0.39 is 0 Å². The molecule has 4 N–H and O–H groups in total. The van der Waals surface area contributed by atoms with Gasteiger partial charge in [0.25, 0.3) is 0 Å². The Kier molecular flexibility index (Phi) is 9.83. The third kappa shape index (κ3) is 8.57. The number of rotatable bonds is 9. The van der Waals surface area contributed by atoms with Crippen LogP contribution >= 0.6 is 11.8 Å². The highest BCUT2D eigenvalue weighted by Crippen LogP contribution is 2.01. The van der Waals surface area contributed by atoms with Crippen LogP contribution in [0.3, 0.4) is 0 Å². The zero-order valence-corrected chi connectivity index (χ0v) is 10.5. The second-order valence-electron chi connectivity index (χ2n) is 3.56. The molecule has 0 amide bonds. The average molecular weight is 233 g/mol. The molecule has 0 aromatic rings. The molecule has 0 saturated heterocycles. The van der Waals surface area contributed by atoms with Crippen LogP contribution in [0.5, 0.6) is 0 Å². The van der Waals surface area contributed by atoms with Crippen molar-refractivity contribution in [3.8, 4) is 0 Å². The third-order valence-corrected chi connectivity index (χ3v) is 3.02. The number of hydrogen-bond donors (Lipinski definition) is 3. The molecule has 0 radical (unpaired) electrons. The topological polar surface area (TPSA) is 70.6 Å². The lowest BCUT2D eigenvalue weighted by molar-refractivity contribution is 0.316. The summed E-state index contributed by atoms with van der Waals surface area (Å²) in [6.45, 7) is 3.21. The van der Waals surface area contributed by atoms with E-state index in [1.54, 1.807) is 0 Å². The van der Waals surface area contributed by atoms with E-state index in [9.17, 15) is 0 Å². The smallest absolute Gasteiger partial charge is 0.139 e. The van der Waals surface area contributed by atoms with Crippen LogP contribution in [-0.4, -0.2) is 35.6 Å². The van der Waals surface area contributed by atoms with E-state index in [1.807, 2.05) is 11.8 Å². The van der Waals surface area contributed by atoms with Crippen molar-refractivity contribution in [3.05, 3.63) is 0 Å². The third-order valence-electron chi connectivity index (χ3n) is 2.28. The van der Waals surface area contributed by atoms with Crippen LogP contribution in [0.15, 0.2) is 5.16 Å². The first-order chi connectivity index (χ1) is 7.24. The quantitative estimate of drug-likeness (QED) is 0.186. The molecule has 0 spiro atoms. The van der Waals surface area contributed by atoms with E-state index >= 15 is 0 Å². The van der Waals surface area contributed by atoms with Crippen molar-refractivity contribution in [3.63, 3.8) is 0 Å². The maximum absolute atomic E-state index is 8.33. The Morgan fingerprint density at radius 2 is 2.27 bits per heavy atom. The molecule has 1 atom stereocenters. The van der Waals surface area contributed by atoms with Gasteiger partial charge >= 0.3 is 0 Å². The maximum atomic E-state index is 8.33. The molecule has 90 valence electrons. The summed E-state index contributed by atoms with van der Waals surface area (Å²) in [5, 5.41) is 14.8. The number of hydrogen-bond acceptors (Lipinski definition) is 4. The molecule has 0 aromatic heterocycles. The summed E-state index contributed by atoms with van der Waals surface area (Å²) in [5.74, 6) is 1.49. The van der Waals surface area contributed by atoms with Gasteiger partial charge in [-0.25, -0.2) is 0 Å². The molecular weight excluding hydrogens is 210 g/mol. The summed E-state index contributed by atoms with van der Waals surface area (Å²) in [5.41, 5.74) is 5.37. The van der Waals surface area contributed by atoms with Gasteiger partial charge in [-0.05, 0) is 32.1 Å². The lowest BCUT2D eigenvalue weighted by atomic mass is 10.2. The molecule has 1 unspecified atom stereocenters. The zero-order valence-electron chi connectivity index (χ0n) is 9.70. The molecule has 0 aliphatic rings. The predicted molar refractivity (Wildman–Crippen MR) is 67.7 cm³/mol. The number of amidine groups is 1. The zero-order chi connectivity index (χ0) is 11.5. The largest absolute Gasteiger partial charge is 0.409 e. The highest BCUT2D eigenvalue weighted by molar-refractivity contribution is 7.98. The predicted octanol–water partition coefficient (Wildman–Crippen LogP) is 1.63. The summed E-state index contributed by atoms with van der Waals surface area (Å²) >= 11 is 1.87. The maximum Gasteiger partial charge on any atom is 0.139 e. The van der Waals surface area contributed by atoms with E-state index in [0.717, 1.165) is 25.1 Å². The minimum absolute atomic E-state index is 0.325. The molecular formula is C10H23N3OS. The standard InChI is InChI=1S/C10H23N3OS/c1-3-9(8-15-2)12-7-5-4-6-10(11)13-14/h9,12,14H,3-8H2,1-2H3,(H2,11,13). The minimum Gasteiger partial charge on any atom is -0.409 e. The lowest BCUT2D eigenvalue weighted by Crippen LogP contribution is -2.31. The van der Waals surface area contributed by atoms with Gasteiger partial charge in [-0.15, -0.1) is 0 Å². The summed E-state index contributed by atoms with van der Waals surface area (Å²) in [4.78, 5) is 0. The molecule has 0 aromatic carbocycles. The Bertz CT molecular complexity index is 176. The molecule has 15 heavy (non-hydrogen) atoms. The Labute approximate surface area is 96.7 Å². The van der Waals surface area contributed by atoms with Gasteiger partial charge in [0.1, 0.15) is 5.84 Å². The van der Waals surface area contributed by atoms with Crippen molar-refractivity contribution in [2.45, 2.75) is 38.6 Å². The molecule has 0 aliphatic carbocycles. The molecule has 0 rings (SSSR count). The van der Waals surface area contributed by atoms with Crippen LogP contribution in [-0.2, 0) is 0 Å². The number of nitrogens with one attached hydrogen (secondary N) is 1. The van der Waals surface area contributed by atoms with E-state index in [-0.39, 0.29) is 0 Å². The fourth-order valence-corrected chi connectivity index (χ4v) is 2.07. The lowest BCUT2D eigenvalue weighted by Gasteiger charge is -2.15. The molecule has 5 heteroatoms. The average Bonchev–Trinajstić information content (AvgIpc) is 2.26. The van der Waals surface area contributed by atoms with Crippen LogP contribution in [0.25, 0.3) is 0 Å². The van der Waals surface area contributed by atoms with Gasteiger partial charge in [0, 0.05) is 18.2 Å². The van der Waals surface area contributed by atoms with Gasteiger partial charge in [-0.1, -0.05) is 12.1 Å². The van der Waals surface area contributed by atoms with Crippen molar-refractivity contribution in [1.82, 2.24) is 5.32 Å². The van der Waals surface area contributed by atoms with Gasteiger partial charge in [0.2, 0.25) is 0 Å². The Morgan fingerprint density at radius 3 is 2.80 bits per heavy atom. The van der Waals surface area contributed by atoms with Gasteiger partial charge in [-0.3, -0.25) is 0 Å². The SMILES string of the molecule is CCC(CSC)NCCCCC(N)=NO. The van der Waals surface area contributed by atoms with Crippen molar-refractivity contribution in [1.29, 1.82) is 0 Å². The second kappa shape index (κ2) is 10.1. The minimum atomic E-state index is 0.325. The molecule has 0 heterocycles. The number of oxime groups is 1. The van der Waals surface area contributed by atoms with E-state index in [1.165, 1.54) is 6.42 Å². The van der Waals surface area contributed by atoms with Gasteiger partial charge < -0.3 is 16.3 Å². The van der Waals surface area contributed by atoms with Crippen molar-refractivity contribution >= 4 is 17.6 Å². The summed E-state index contributed by atoms with van der Waals surface area (Å²) < 4.78 is 0. The van der Waals surface area contributed by atoms with Crippen molar-refractivity contribution in [2.24, 2.45) is 10.9 Å². The van der Waals surface area contributed by atoms with E-state index in [0.29, 0.717) is 18.3 Å². The van der Waals surface area contributed by atoms with Crippen LogP contribution in [0.2, 0.25) is 0 Å². The van der Waals surface area contributed by atoms with Crippen LogP contribution in [0, 0.1) is 0 Å². The van der Waals surface area contributed by atoms with Crippen molar-refractivity contribution < 1.29 is 5.21 Å². The Morgan fingerprint density at radius 1 is 1.53 bits per heavy atom. The summed E-state index contributed by atoms with van der Waals surface area (Å²) in [6.07, 6.45) is 6.01. The number of unbranched alkanes of at least 4 members (excludes halogenated alkanes) is 1. The first-order valence-corrected chi connectivity index (χ1v) is 6.82. The monoisotopic (exact) mass is 233 g/mol. The highest BCUT2D eigenvalue weighted by atomic mass is 32.2. The van der Waals surface area contributed by atoms with Crippen LogP contribution in [0.1, 0.15) is 32.6 Å². The normalized spacial score (nSPS) is 14.1. The first kappa shape index (κ1) is 14.6. The highest BCUT2D eigenvalue weighted by Gasteiger charge is 2.03. The van der Waals surface area contributed by atoms with Crippen LogP contribution in [0.4, 0.5) is 0 Å². The van der Waals surface area contributed by atoms with E-state index in [2.05, 4.69) is 23.7 Å². The van der Waals surface area contributed by atoms with E-state index in [4.69, 9.17) is 10.9 Å². The van der Waals surface area contributed by atoms with Crippen molar-refractivity contribution in [2.75, 3.05) is 18.6 Å². The van der Waals surface area contributed by atoms with Gasteiger partial charge in [0.15, 0.2) is 0 Å². The Hall–Kier alpha value is -0.420. The first-order valence-electron chi connectivity index (χ1n) is 5.43. The Balaban J connectivity index is 3.36. The van der Waals surface area contributed by atoms with Gasteiger partial charge in [-0.2, -0.15) is 11.8 Å². The van der Waals surface area contributed by atoms with Gasteiger partial charge in [0.05, 0.1) is 0 Å². The fourth-order valence-electron chi connectivity index (χ4n) is 1.31. The molecule has 0 aliphatic heterocycles. The molecule has 0 fully saturated rings. The number of nitrogens with two attached hydrogens (primary N) is 1. The summed E-state index contributed by atoms with van der Waals surface area (Å²) in [6, 6.07) is 0.615. The number of thioether (sulfide) groups is 1. The number of nitrogens with zero attached hydrogens (tertiary/aromatic N) is 1. The fraction of sp³-hybridized carbons (Fsp3) is 0.900. The molecule has 4 nitrogen and oxygen atoms in total. The second-order valence-corrected chi connectivity index (χ2v) is 4.47. The summed E-state index contributed by atoms with van der Waals surface area (Å²) in [7, 11) is 0. The molecule has 0 bridgehead atoms.